The molecule has 0 bridgehead atoms. The van der Waals surface area contributed by atoms with Crippen molar-refractivity contribution in [2.75, 3.05) is 55.6 Å². The zero-order valence-corrected chi connectivity index (χ0v) is 25.4. The number of hydrogen-bond acceptors (Lipinski definition) is 4. The molecule has 0 aromatic heterocycles. The van der Waals surface area contributed by atoms with Crippen LogP contribution in [0.1, 0.15) is 55.7 Å². The third-order valence-electron chi connectivity index (χ3n) is 9.41. The van der Waals surface area contributed by atoms with Crippen LogP contribution in [0.4, 0.5) is 11.4 Å². The Balaban J connectivity index is 1.07. The highest BCUT2D eigenvalue weighted by molar-refractivity contribution is 6.54. The molecule has 0 spiro atoms. The van der Waals surface area contributed by atoms with Crippen molar-refractivity contribution >= 4 is 29.9 Å². The lowest BCUT2D eigenvalue weighted by Gasteiger charge is -2.40. The van der Waals surface area contributed by atoms with Crippen LogP contribution in [-0.4, -0.2) is 64.0 Å². The Bertz CT molecular complexity index is 1260. The average Bonchev–Trinajstić information content (AvgIpc) is 2.99. The third kappa shape index (κ3) is 7.19. The Morgan fingerprint density at radius 1 is 0.878 bits per heavy atom. The van der Waals surface area contributed by atoms with Crippen LogP contribution in [0.5, 0.6) is 0 Å². The summed E-state index contributed by atoms with van der Waals surface area (Å²) in [4.78, 5) is 7.80. The molecule has 3 aliphatic heterocycles. The largest absolute Gasteiger partial charge is 0.379 e. The van der Waals surface area contributed by atoms with Crippen molar-refractivity contribution in [1.29, 1.82) is 0 Å². The molecule has 4 nitrogen and oxygen atoms in total. The summed E-state index contributed by atoms with van der Waals surface area (Å²) in [6, 6.07) is 16.1. The molecule has 3 aliphatic rings. The highest BCUT2D eigenvalue weighted by atomic mass is 15.3. The normalized spacial score (nSPS) is 20.6. The number of piperidine rings is 1. The minimum atomic E-state index is 0.241. The number of allylic oxidation sites excluding steroid dienone is 2. The minimum absolute atomic E-state index is 0.241. The second kappa shape index (κ2) is 13.2. The molecule has 5 rings (SSSR count). The van der Waals surface area contributed by atoms with Crippen LogP contribution >= 0.6 is 0 Å². The fourth-order valence-corrected chi connectivity index (χ4v) is 6.63. The number of nitrogens with one attached hydrogen (secondary N) is 1. The van der Waals surface area contributed by atoms with E-state index in [9.17, 15) is 0 Å². The van der Waals surface area contributed by atoms with E-state index < -0.39 is 0 Å². The lowest BCUT2D eigenvalue weighted by atomic mass is 9.55. The number of anilines is 2. The Labute approximate surface area is 249 Å². The second-order valence-electron chi connectivity index (χ2n) is 12.3. The summed E-state index contributed by atoms with van der Waals surface area (Å²) < 4.78 is 0. The van der Waals surface area contributed by atoms with Gasteiger partial charge in [0.25, 0.3) is 0 Å². The topological polar surface area (TPSA) is 21.8 Å². The zero-order valence-electron chi connectivity index (χ0n) is 25.4. The molecule has 41 heavy (non-hydrogen) atoms. The molecule has 1 N–H and O–H groups in total. The molecule has 2 aromatic carbocycles. The van der Waals surface area contributed by atoms with Gasteiger partial charge >= 0.3 is 0 Å². The van der Waals surface area contributed by atoms with Crippen molar-refractivity contribution in [3.8, 4) is 0 Å². The predicted molar refractivity (Wildman–Crippen MR) is 180 cm³/mol. The maximum Gasteiger partial charge on any atom is 0.181 e. The molecule has 1 atom stereocenters. The van der Waals surface area contributed by atoms with Gasteiger partial charge in [0.15, 0.2) is 7.28 Å². The van der Waals surface area contributed by atoms with Gasteiger partial charge in [-0.3, -0.25) is 4.90 Å². The van der Waals surface area contributed by atoms with E-state index >= 15 is 0 Å². The van der Waals surface area contributed by atoms with Gasteiger partial charge in [-0.2, -0.15) is 0 Å². The predicted octanol–water partition coefficient (Wildman–Crippen LogP) is 6.91. The number of piperazine rings is 1. The first kappa shape index (κ1) is 29.3. The number of aryl methyl sites for hydroxylation is 1. The molecule has 3 fully saturated rings. The Kier molecular flexibility index (Phi) is 9.44. The van der Waals surface area contributed by atoms with Gasteiger partial charge in [-0.25, -0.2) is 0 Å². The van der Waals surface area contributed by atoms with E-state index in [1.807, 2.05) is 0 Å². The molecule has 5 heteroatoms. The van der Waals surface area contributed by atoms with Crippen LogP contribution in [0.2, 0.25) is 0 Å². The maximum atomic E-state index is 4.36. The van der Waals surface area contributed by atoms with Crippen molar-refractivity contribution in [3.63, 3.8) is 0 Å². The molecule has 215 valence electrons. The van der Waals surface area contributed by atoms with E-state index in [1.165, 1.54) is 58.5 Å². The highest BCUT2D eigenvalue weighted by Gasteiger charge is 2.25. The van der Waals surface area contributed by atoms with E-state index in [-0.39, 0.29) is 6.04 Å². The first-order valence-electron chi connectivity index (χ1n) is 15.6. The van der Waals surface area contributed by atoms with Crippen LogP contribution in [0.3, 0.4) is 0 Å². The molecule has 3 saturated heterocycles. The van der Waals surface area contributed by atoms with Gasteiger partial charge in [0, 0.05) is 74.5 Å². The van der Waals surface area contributed by atoms with E-state index in [0.29, 0.717) is 0 Å². The lowest BCUT2D eigenvalue weighted by Crippen LogP contribution is -2.49. The maximum absolute atomic E-state index is 4.36. The standard InChI is InChI=1S/C36H48BN4/c1-7-26(2)32-9-11-33(12-10-32)40-18-16-31(17-19-40)25-39-20-22-41(23-21-39)34-13-14-35(27(3)24-34)30(6)38-36-15-8-28(4)37-29(36)5/h9-14,24,31,36,38H,2,4-8,15-23,25H2,1,3H3. The van der Waals surface area contributed by atoms with Gasteiger partial charge in [-0.05, 0) is 85.9 Å². The number of hydrogen-bond donors (Lipinski definition) is 1. The Morgan fingerprint density at radius 2 is 1.54 bits per heavy atom. The fourth-order valence-electron chi connectivity index (χ4n) is 6.63. The minimum Gasteiger partial charge on any atom is -0.379 e. The third-order valence-corrected chi connectivity index (χ3v) is 9.41. The SMILES string of the molecule is C=C1[B]C(=C)C(NC(=C)c2ccc(N3CCN(CC4CCN(c5ccc(C(=C)CC)cc5)CC4)CC3)cc2C)CC1. The molecule has 0 aliphatic carbocycles. The average molecular weight is 548 g/mol. The van der Waals surface area contributed by atoms with Gasteiger partial charge in [-0.1, -0.05) is 43.8 Å². The summed E-state index contributed by atoms with van der Waals surface area (Å²) in [6.45, 7) is 29.2. The molecule has 0 saturated carbocycles. The lowest BCUT2D eigenvalue weighted by molar-refractivity contribution is 0.201. The Morgan fingerprint density at radius 3 is 2.17 bits per heavy atom. The summed E-state index contributed by atoms with van der Waals surface area (Å²) in [7, 11) is 2.11. The fraction of sp³-hybridized carbons (Fsp3) is 0.444. The summed E-state index contributed by atoms with van der Waals surface area (Å²) in [5, 5.41) is 3.62. The van der Waals surface area contributed by atoms with Crippen LogP contribution in [0, 0.1) is 12.8 Å². The molecule has 1 unspecified atom stereocenters. The van der Waals surface area contributed by atoms with E-state index in [1.54, 1.807) is 0 Å². The van der Waals surface area contributed by atoms with Gasteiger partial charge in [0.05, 0.1) is 0 Å². The second-order valence-corrected chi connectivity index (χ2v) is 12.3. The molecule has 0 amide bonds. The summed E-state index contributed by atoms with van der Waals surface area (Å²) in [6.07, 6.45) is 5.61. The van der Waals surface area contributed by atoms with Crippen molar-refractivity contribution in [2.45, 2.75) is 52.0 Å². The smallest absolute Gasteiger partial charge is 0.181 e. The monoisotopic (exact) mass is 547 g/mol. The number of benzene rings is 2. The molecule has 1 radical (unpaired) electrons. The van der Waals surface area contributed by atoms with Crippen molar-refractivity contribution in [3.05, 3.63) is 96.4 Å². The van der Waals surface area contributed by atoms with Gasteiger partial charge in [0.2, 0.25) is 0 Å². The van der Waals surface area contributed by atoms with Crippen molar-refractivity contribution in [1.82, 2.24) is 10.2 Å². The zero-order chi connectivity index (χ0) is 28.9. The number of nitrogens with zero attached hydrogens (tertiary/aromatic N) is 3. The summed E-state index contributed by atoms with van der Waals surface area (Å²) >= 11 is 0. The van der Waals surface area contributed by atoms with Crippen LogP contribution in [0.15, 0.2) is 79.7 Å². The molecular weight excluding hydrogens is 499 g/mol. The van der Waals surface area contributed by atoms with Gasteiger partial charge in [-0.15, -0.1) is 18.6 Å². The van der Waals surface area contributed by atoms with Gasteiger partial charge < -0.3 is 15.1 Å². The van der Waals surface area contributed by atoms with Crippen LogP contribution in [-0.2, 0) is 0 Å². The van der Waals surface area contributed by atoms with Crippen LogP contribution in [0.25, 0.3) is 11.3 Å². The molecular formula is C36H48BN4. The van der Waals surface area contributed by atoms with Gasteiger partial charge in [0.1, 0.15) is 0 Å². The van der Waals surface area contributed by atoms with E-state index in [2.05, 4.69) is 110 Å². The van der Waals surface area contributed by atoms with Crippen LogP contribution < -0.4 is 15.1 Å². The first-order valence-corrected chi connectivity index (χ1v) is 15.6. The first-order chi connectivity index (χ1) is 19.8. The summed E-state index contributed by atoms with van der Waals surface area (Å²) in [5.41, 5.74) is 10.9. The molecule has 3 heterocycles. The molecule has 2 aromatic rings. The quantitative estimate of drug-likeness (QED) is 0.345. The van der Waals surface area contributed by atoms with Crippen molar-refractivity contribution < 1.29 is 0 Å². The summed E-state index contributed by atoms with van der Waals surface area (Å²) in [5.74, 6) is 0.799. The number of rotatable bonds is 9. The Hall–Kier alpha value is -3.18. The van der Waals surface area contributed by atoms with Crippen molar-refractivity contribution in [2.24, 2.45) is 5.92 Å². The van der Waals surface area contributed by atoms with E-state index in [4.69, 9.17) is 0 Å². The highest BCUT2D eigenvalue weighted by Crippen LogP contribution is 2.29. The van der Waals surface area contributed by atoms with E-state index in [0.717, 1.165) is 75.6 Å².